The summed E-state index contributed by atoms with van der Waals surface area (Å²) in [4.78, 5) is 23.4. The van der Waals surface area contributed by atoms with Gasteiger partial charge in [-0.3, -0.25) is 18.7 Å². The number of carboxylic acids is 1. The molecular weight excluding hydrogens is 435 g/mol. The highest BCUT2D eigenvalue weighted by atomic mass is 31.2. The monoisotopic (exact) mass is 472 g/mol. The molecular formula is C22H37N2O7P. The Bertz CT molecular complexity index is 800. The molecule has 0 bridgehead atoms. The highest BCUT2D eigenvalue weighted by Gasteiger charge is 2.33. The maximum Gasteiger partial charge on any atom is 0.345 e. The molecule has 0 radical (unpaired) electrons. The minimum atomic E-state index is -4.00. The molecule has 0 amide bonds. The average Bonchev–Trinajstić information content (AvgIpc) is 2.66. The van der Waals surface area contributed by atoms with E-state index in [1.54, 1.807) is 13.8 Å². The van der Waals surface area contributed by atoms with Crippen molar-refractivity contribution in [2.75, 3.05) is 6.79 Å². The Kier molecular flexibility index (Phi) is 10.8. The Hall–Kier alpha value is -1.93. The van der Waals surface area contributed by atoms with Crippen LogP contribution in [0, 0.1) is 0 Å². The highest BCUT2D eigenvalue weighted by molar-refractivity contribution is 7.54. The molecule has 1 aromatic rings. The molecule has 0 saturated carbocycles. The summed E-state index contributed by atoms with van der Waals surface area (Å²) in [5, 5.41) is 14.2. The zero-order chi connectivity index (χ0) is 24.6. The molecule has 3 atom stereocenters. The Balaban J connectivity index is 3.06. The molecule has 3 N–H and O–H groups in total. The zero-order valence-electron chi connectivity index (χ0n) is 20.2. The van der Waals surface area contributed by atoms with E-state index in [-0.39, 0.29) is 17.9 Å². The maximum atomic E-state index is 13.4. The third-order valence-electron chi connectivity index (χ3n) is 4.56. The molecule has 32 heavy (non-hydrogen) atoms. The van der Waals surface area contributed by atoms with Crippen molar-refractivity contribution >= 4 is 19.6 Å². The lowest BCUT2D eigenvalue weighted by Gasteiger charge is -2.26. The third-order valence-corrected chi connectivity index (χ3v) is 6.48. The van der Waals surface area contributed by atoms with E-state index < -0.39 is 38.5 Å². The van der Waals surface area contributed by atoms with E-state index in [2.05, 4.69) is 10.2 Å². The van der Waals surface area contributed by atoms with E-state index in [0.717, 1.165) is 11.1 Å². The standard InChI is InChI=1S/C22H37N2O7P/c1-13(2)18-10-9-11-19(14(3)4)20(18)29-12-30-32(28,23-16(7)21(25)26)24-17(8)22(27)31-15(5)6/h9-11,13-17H,12H2,1-8H3,(H,25,26)(H2,23,24,28)/t16-,17-,32?/m0/s1. The van der Waals surface area contributed by atoms with Gasteiger partial charge in [-0.15, -0.1) is 0 Å². The molecule has 0 aromatic heterocycles. The van der Waals surface area contributed by atoms with E-state index in [1.807, 2.05) is 45.9 Å². The molecule has 0 spiro atoms. The van der Waals surface area contributed by atoms with Gasteiger partial charge in [-0.2, -0.15) is 0 Å². The molecule has 0 aliphatic heterocycles. The molecule has 1 unspecified atom stereocenters. The fourth-order valence-electron chi connectivity index (χ4n) is 2.87. The summed E-state index contributed by atoms with van der Waals surface area (Å²) < 4.78 is 29.9. The first kappa shape index (κ1) is 28.1. The van der Waals surface area contributed by atoms with Crippen LogP contribution in [0.15, 0.2) is 18.2 Å². The van der Waals surface area contributed by atoms with Gasteiger partial charge < -0.3 is 14.6 Å². The molecule has 0 aliphatic rings. The summed E-state index contributed by atoms with van der Waals surface area (Å²) in [5.74, 6) is -0.847. The fraction of sp³-hybridized carbons (Fsp3) is 0.636. The Morgan fingerprint density at radius 2 is 1.44 bits per heavy atom. The van der Waals surface area contributed by atoms with Gasteiger partial charge in [0.15, 0.2) is 6.79 Å². The lowest BCUT2D eigenvalue weighted by molar-refractivity contribution is -0.149. The fourth-order valence-corrected chi connectivity index (χ4v) is 4.53. The Labute approximate surface area is 190 Å². The molecule has 0 heterocycles. The van der Waals surface area contributed by atoms with Crippen LogP contribution in [0.1, 0.15) is 78.4 Å². The van der Waals surface area contributed by atoms with Gasteiger partial charge in [0, 0.05) is 0 Å². The normalized spacial score (nSPS) is 15.5. The second-order valence-electron chi connectivity index (χ2n) is 8.54. The van der Waals surface area contributed by atoms with Crippen LogP contribution in [0.2, 0.25) is 0 Å². The number of hydrogen-bond acceptors (Lipinski definition) is 6. The van der Waals surface area contributed by atoms with Crippen molar-refractivity contribution < 1.29 is 33.3 Å². The van der Waals surface area contributed by atoms with Crippen LogP contribution in [0.3, 0.4) is 0 Å². The number of nitrogens with one attached hydrogen (secondary N) is 2. The second kappa shape index (κ2) is 12.3. The van der Waals surface area contributed by atoms with Crippen LogP contribution in [0.25, 0.3) is 0 Å². The third kappa shape index (κ3) is 8.54. The van der Waals surface area contributed by atoms with Gasteiger partial charge in [0.1, 0.15) is 17.8 Å². The lowest BCUT2D eigenvalue weighted by atomic mass is 9.94. The number of carboxylic acid groups (broad SMARTS) is 1. The molecule has 182 valence electrons. The quantitative estimate of drug-likeness (QED) is 0.218. The van der Waals surface area contributed by atoms with Crippen LogP contribution in [-0.2, 0) is 23.4 Å². The van der Waals surface area contributed by atoms with Crippen molar-refractivity contribution in [1.82, 2.24) is 10.2 Å². The highest BCUT2D eigenvalue weighted by Crippen LogP contribution is 2.40. The number of para-hydroxylation sites is 1. The SMILES string of the molecule is CC(C)OC(=O)[C@H](C)NP(=O)(N[C@@H](C)C(=O)O)OCOc1c(C(C)C)cccc1C(C)C. The number of esters is 1. The molecule has 1 rings (SSSR count). The van der Waals surface area contributed by atoms with Gasteiger partial charge in [0.2, 0.25) is 0 Å². The van der Waals surface area contributed by atoms with Gasteiger partial charge in [-0.05, 0) is 50.7 Å². The van der Waals surface area contributed by atoms with E-state index in [9.17, 15) is 19.3 Å². The van der Waals surface area contributed by atoms with Crippen LogP contribution in [0.5, 0.6) is 5.75 Å². The van der Waals surface area contributed by atoms with Crippen molar-refractivity contribution in [1.29, 1.82) is 0 Å². The van der Waals surface area contributed by atoms with Crippen LogP contribution >= 0.6 is 7.67 Å². The number of ether oxygens (including phenoxy) is 2. The second-order valence-corrected chi connectivity index (χ2v) is 10.4. The van der Waals surface area contributed by atoms with E-state index in [1.165, 1.54) is 13.8 Å². The summed E-state index contributed by atoms with van der Waals surface area (Å²) in [7, 11) is -4.00. The topological polar surface area (TPSA) is 123 Å². The minimum Gasteiger partial charge on any atom is -0.480 e. The molecule has 10 heteroatoms. The summed E-state index contributed by atoms with van der Waals surface area (Å²) in [5.41, 5.74) is 1.95. The van der Waals surface area contributed by atoms with Crippen molar-refractivity contribution in [3.8, 4) is 5.75 Å². The molecule has 9 nitrogen and oxygen atoms in total. The lowest BCUT2D eigenvalue weighted by Crippen LogP contribution is -2.42. The smallest absolute Gasteiger partial charge is 0.345 e. The number of rotatable bonds is 13. The Morgan fingerprint density at radius 1 is 0.938 bits per heavy atom. The van der Waals surface area contributed by atoms with E-state index >= 15 is 0 Å². The van der Waals surface area contributed by atoms with Crippen molar-refractivity contribution in [2.24, 2.45) is 0 Å². The number of hydrogen-bond donors (Lipinski definition) is 3. The Morgan fingerprint density at radius 3 is 1.88 bits per heavy atom. The first-order chi connectivity index (χ1) is 14.8. The van der Waals surface area contributed by atoms with Crippen LogP contribution in [-0.4, -0.2) is 42.0 Å². The van der Waals surface area contributed by atoms with Crippen molar-refractivity contribution in [3.05, 3.63) is 29.3 Å². The van der Waals surface area contributed by atoms with E-state index in [4.69, 9.17) is 14.0 Å². The van der Waals surface area contributed by atoms with Crippen molar-refractivity contribution in [2.45, 2.75) is 85.4 Å². The number of carbonyl (C=O) groups excluding carboxylic acids is 1. The summed E-state index contributed by atoms with van der Waals surface area (Å²) in [6.45, 7) is 13.9. The summed E-state index contributed by atoms with van der Waals surface area (Å²) in [6.07, 6.45) is -0.358. The number of benzene rings is 1. The van der Waals surface area contributed by atoms with Gasteiger partial charge >= 0.3 is 19.6 Å². The molecule has 0 saturated heterocycles. The van der Waals surface area contributed by atoms with Gasteiger partial charge in [-0.25, -0.2) is 10.2 Å². The van der Waals surface area contributed by atoms with Crippen LogP contribution in [0.4, 0.5) is 0 Å². The molecule has 0 fully saturated rings. The first-order valence-electron chi connectivity index (χ1n) is 10.8. The van der Waals surface area contributed by atoms with E-state index in [0.29, 0.717) is 5.75 Å². The molecule has 1 aromatic carbocycles. The predicted molar refractivity (Wildman–Crippen MR) is 123 cm³/mol. The average molecular weight is 473 g/mol. The summed E-state index contributed by atoms with van der Waals surface area (Å²) in [6, 6.07) is 3.67. The van der Waals surface area contributed by atoms with Crippen molar-refractivity contribution in [3.63, 3.8) is 0 Å². The predicted octanol–water partition coefficient (Wildman–Crippen LogP) is 4.39. The number of aliphatic carboxylic acids is 1. The van der Waals surface area contributed by atoms with Gasteiger partial charge in [-0.1, -0.05) is 45.9 Å². The zero-order valence-corrected chi connectivity index (χ0v) is 21.1. The first-order valence-corrected chi connectivity index (χ1v) is 12.4. The maximum absolute atomic E-state index is 13.4. The minimum absolute atomic E-state index is 0.185. The van der Waals surface area contributed by atoms with Crippen LogP contribution < -0.4 is 14.9 Å². The molecule has 0 aliphatic carbocycles. The van der Waals surface area contributed by atoms with Gasteiger partial charge in [0.05, 0.1) is 6.10 Å². The largest absolute Gasteiger partial charge is 0.480 e. The number of carbonyl (C=O) groups is 2. The summed E-state index contributed by atoms with van der Waals surface area (Å²) >= 11 is 0. The van der Waals surface area contributed by atoms with Gasteiger partial charge in [0.25, 0.3) is 0 Å².